The summed E-state index contributed by atoms with van der Waals surface area (Å²) in [5.41, 5.74) is 5.02. The van der Waals surface area contributed by atoms with Gasteiger partial charge in [-0.1, -0.05) is 12.1 Å². The number of hydrogen-bond acceptors (Lipinski definition) is 6. The number of nitrogens with zero attached hydrogens (tertiary/aromatic N) is 5. The van der Waals surface area contributed by atoms with Crippen LogP contribution < -0.4 is 0 Å². The average molecular weight is 376 g/mol. The van der Waals surface area contributed by atoms with Crippen LogP contribution in [0.25, 0.3) is 21.8 Å². The molecule has 0 N–H and O–H groups in total. The summed E-state index contributed by atoms with van der Waals surface area (Å²) >= 11 is 1.64. The standard InChI is InChI=1S/C21H21N5S/c1-25-8-10-26(11-9-25)14-18-6-7-23-13-19(18)21-24-20(15-27-21)17-4-2-16(12-22)3-5-17/h2-7,13,15H,8-11,14H2,1H3. The van der Waals surface area contributed by atoms with Crippen LogP contribution in [-0.2, 0) is 6.54 Å². The molecule has 6 heteroatoms. The van der Waals surface area contributed by atoms with Crippen LogP contribution in [0.3, 0.4) is 0 Å². The van der Waals surface area contributed by atoms with Crippen LogP contribution in [0.2, 0.25) is 0 Å². The highest BCUT2D eigenvalue weighted by molar-refractivity contribution is 7.13. The van der Waals surface area contributed by atoms with Gasteiger partial charge in [-0.3, -0.25) is 9.88 Å². The fourth-order valence-corrected chi connectivity index (χ4v) is 4.12. The average Bonchev–Trinajstić information content (AvgIpc) is 3.20. The van der Waals surface area contributed by atoms with Gasteiger partial charge in [0.25, 0.3) is 0 Å². The van der Waals surface area contributed by atoms with Crippen molar-refractivity contribution >= 4 is 11.3 Å². The number of likely N-dealkylation sites (N-methyl/N-ethyl adjacent to an activating group) is 1. The van der Waals surface area contributed by atoms with E-state index in [1.54, 1.807) is 11.3 Å². The highest BCUT2D eigenvalue weighted by Crippen LogP contribution is 2.31. The van der Waals surface area contributed by atoms with Crippen LogP contribution in [0.1, 0.15) is 11.1 Å². The summed E-state index contributed by atoms with van der Waals surface area (Å²) < 4.78 is 0. The van der Waals surface area contributed by atoms with Crippen molar-refractivity contribution in [2.75, 3.05) is 33.2 Å². The zero-order valence-corrected chi connectivity index (χ0v) is 16.1. The summed E-state index contributed by atoms with van der Waals surface area (Å²) in [6.45, 7) is 5.33. The van der Waals surface area contributed by atoms with E-state index in [0.717, 1.165) is 54.6 Å². The Morgan fingerprint density at radius 3 is 2.63 bits per heavy atom. The zero-order valence-electron chi connectivity index (χ0n) is 15.3. The van der Waals surface area contributed by atoms with Gasteiger partial charge >= 0.3 is 0 Å². The van der Waals surface area contributed by atoms with Gasteiger partial charge in [0, 0.05) is 61.6 Å². The number of rotatable bonds is 4. The second-order valence-electron chi connectivity index (χ2n) is 6.84. The Balaban J connectivity index is 1.57. The Labute approximate surface area is 163 Å². The molecule has 3 aromatic rings. The molecule has 1 aromatic carbocycles. The van der Waals surface area contributed by atoms with E-state index >= 15 is 0 Å². The van der Waals surface area contributed by atoms with Crippen molar-refractivity contribution in [3.8, 4) is 27.9 Å². The van der Waals surface area contributed by atoms with Gasteiger partial charge in [-0.15, -0.1) is 11.3 Å². The first-order valence-electron chi connectivity index (χ1n) is 9.03. The third kappa shape index (κ3) is 4.06. The normalized spacial score (nSPS) is 15.6. The smallest absolute Gasteiger partial charge is 0.125 e. The van der Waals surface area contributed by atoms with Gasteiger partial charge in [0.2, 0.25) is 0 Å². The topological polar surface area (TPSA) is 56.1 Å². The lowest BCUT2D eigenvalue weighted by molar-refractivity contribution is 0.148. The van der Waals surface area contributed by atoms with E-state index in [0.29, 0.717) is 5.56 Å². The molecule has 0 bridgehead atoms. The predicted octanol–water partition coefficient (Wildman–Crippen LogP) is 3.49. The SMILES string of the molecule is CN1CCN(Cc2ccncc2-c2nc(-c3ccc(C#N)cc3)cs2)CC1. The molecule has 5 nitrogen and oxygen atoms in total. The quantitative estimate of drug-likeness (QED) is 0.699. The Hall–Kier alpha value is -2.59. The largest absolute Gasteiger partial charge is 0.304 e. The van der Waals surface area contributed by atoms with Crippen molar-refractivity contribution in [1.29, 1.82) is 5.26 Å². The summed E-state index contributed by atoms with van der Waals surface area (Å²) in [4.78, 5) is 14.0. The monoisotopic (exact) mass is 375 g/mol. The van der Waals surface area contributed by atoms with Crippen molar-refractivity contribution in [2.24, 2.45) is 0 Å². The number of aromatic nitrogens is 2. The molecule has 1 aliphatic heterocycles. The van der Waals surface area contributed by atoms with E-state index in [4.69, 9.17) is 10.2 Å². The first kappa shape index (κ1) is 17.8. The second kappa shape index (κ2) is 7.97. The zero-order chi connectivity index (χ0) is 18.6. The second-order valence-corrected chi connectivity index (χ2v) is 7.70. The number of benzene rings is 1. The van der Waals surface area contributed by atoms with Gasteiger partial charge in [-0.2, -0.15) is 5.26 Å². The summed E-state index contributed by atoms with van der Waals surface area (Å²) in [7, 11) is 2.18. The Morgan fingerprint density at radius 2 is 1.89 bits per heavy atom. The van der Waals surface area contributed by atoms with Crippen LogP contribution in [0.15, 0.2) is 48.1 Å². The molecule has 0 unspecified atom stereocenters. The van der Waals surface area contributed by atoms with Crippen LogP contribution in [0.5, 0.6) is 0 Å². The summed E-state index contributed by atoms with van der Waals surface area (Å²) in [6, 6.07) is 11.8. The number of nitriles is 1. The maximum absolute atomic E-state index is 8.95. The maximum atomic E-state index is 8.95. The maximum Gasteiger partial charge on any atom is 0.125 e. The van der Waals surface area contributed by atoms with Gasteiger partial charge in [-0.25, -0.2) is 4.98 Å². The lowest BCUT2D eigenvalue weighted by Gasteiger charge is -2.32. The van der Waals surface area contributed by atoms with E-state index in [2.05, 4.69) is 39.3 Å². The third-order valence-corrected chi connectivity index (χ3v) is 5.82. The van der Waals surface area contributed by atoms with Crippen molar-refractivity contribution in [3.05, 3.63) is 59.2 Å². The van der Waals surface area contributed by atoms with Crippen molar-refractivity contribution in [3.63, 3.8) is 0 Å². The molecule has 0 spiro atoms. The fraction of sp³-hybridized carbons (Fsp3) is 0.286. The van der Waals surface area contributed by atoms with Crippen LogP contribution in [0.4, 0.5) is 0 Å². The summed E-state index contributed by atoms with van der Waals surface area (Å²) in [5.74, 6) is 0. The van der Waals surface area contributed by atoms with E-state index in [9.17, 15) is 0 Å². The van der Waals surface area contributed by atoms with Crippen LogP contribution in [-0.4, -0.2) is 53.0 Å². The first-order chi connectivity index (χ1) is 13.2. The molecule has 1 saturated heterocycles. The van der Waals surface area contributed by atoms with Gasteiger partial charge in [0.1, 0.15) is 5.01 Å². The van der Waals surface area contributed by atoms with Gasteiger partial charge in [0.15, 0.2) is 0 Å². The lowest BCUT2D eigenvalue weighted by Crippen LogP contribution is -2.43. The minimum atomic E-state index is 0.663. The fourth-order valence-electron chi connectivity index (χ4n) is 3.25. The molecular formula is C21H21N5S. The molecule has 1 aliphatic rings. The van der Waals surface area contributed by atoms with Crippen LogP contribution in [0, 0.1) is 11.3 Å². The molecule has 0 saturated carbocycles. The van der Waals surface area contributed by atoms with Gasteiger partial charge in [-0.05, 0) is 30.8 Å². The Bertz CT molecular complexity index is 949. The predicted molar refractivity (Wildman–Crippen MR) is 108 cm³/mol. The molecule has 27 heavy (non-hydrogen) atoms. The van der Waals surface area contributed by atoms with E-state index in [1.165, 1.54) is 5.56 Å². The van der Waals surface area contributed by atoms with E-state index in [-0.39, 0.29) is 0 Å². The highest BCUT2D eigenvalue weighted by Gasteiger charge is 2.17. The molecule has 136 valence electrons. The van der Waals surface area contributed by atoms with E-state index < -0.39 is 0 Å². The number of thiazole rings is 1. The number of piperazine rings is 1. The Morgan fingerprint density at radius 1 is 1.11 bits per heavy atom. The number of hydrogen-bond donors (Lipinski definition) is 0. The molecular weight excluding hydrogens is 354 g/mol. The lowest BCUT2D eigenvalue weighted by atomic mass is 10.1. The molecule has 0 amide bonds. The molecule has 0 atom stereocenters. The highest BCUT2D eigenvalue weighted by atomic mass is 32.1. The molecule has 0 aliphatic carbocycles. The number of pyridine rings is 1. The third-order valence-electron chi connectivity index (χ3n) is 4.95. The van der Waals surface area contributed by atoms with Crippen molar-refractivity contribution in [1.82, 2.24) is 19.8 Å². The molecule has 3 heterocycles. The minimum absolute atomic E-state index is 0.663. The van der Waals surface area contributed by atoms with Crippen molar-refractivity contribution < 1.29 is 0 Å². The molecule has 0 radical (unpaired) electrons. The minimum Gasteiger partial charge on any atom is -0.304 e. The Kier molecular flexibility index (Phi) is 5.26. The first-order valence-corrected chi connectivity index (χ1v) is 9.91. The summed E-state index contributed by atoms with van der Waals surface area (Å²) in [5, 5.41) is 12.0. The molecule has 1 fully saturated rings. The summed E-state index contributed by atoms with van der Waals surface area (Å²) in [6.07, 6.45) is 3.79. The van der Waals surface area contributed by atoms with Crippen molar-refractivity contribution in [2.45, 2.75) is 6.54 Å². The molecule has 4 rings (SSSR count). The van der Waals surface area contributed by atoms with Crippen LogP contribution >= 0.6 is 11.3 Å². The van der Waals surface area contributed by atoms with E-state index in [1.807, 2.05) is 36.7 Å². The van der Waals surface area contributed by atoms with Gasteiger partial charge in [0.05, 0.1) is 17.3 Å². The van der Waals surface area contributed by atoms with Gasteiger partial charge < -0.3 is 4.90 Å². The molecule has 2 aromatic heterocycles.